The molecule has 0 saturated heterocycles. The number of aliphatic carboxylic acids is 1. The van der Waals surface area contributed by atoms with E-state index in [2.05, 4.69) is 20.7 Å². The number of carbonyl (C=O) groups is 2. The van der Waals surface area contributed by atoms with Crippen LogP contribution in [0.3, 0.4) is 0 Å². The average Bonchev–Trinajstić information content (AvgIpc) is 2.04. The second-order valence-electron chi connectivity index (χ2n) is 2.40. The van der Waals surface area contributed by atoms with Crippen LogP contribution in [0, 0.1) is 0 Å². The van der Waals surface area contributed by atoms with E-state index in [-0.39, 0.29) is 13.0 Å². The molecule has 13 heavy (non-hydrogen) atoms. The van der Waals surface area contributed by atoms with E-state index < -0.39 is 22.8 Å². The number of nitrogens with two attached hydrogens (primary N) is 1. The summed E-state index contributed by atoms with van der Waals surface area (Å²) in [6, 6.07) is -0.888. The summed E-state index contributed by atoms with van der Waals surface area (Å²) < 4.78 is 4.61. The largest absolute Gasteiger partial charge is 0.480 e. The van der Waals surface area contributed by atoms with E-state index in [4.69, 9.17) is 10.8 Å². The highest BCUT2D eigenvalue weighted by Gasteiger charge is 2.22. The summed E-state index contributed by atoms with van der Waals surface area (Å²) in [4.78, 5) is 20.5. The summed E-state index contributed by atoms with van der Waals surface area (Å²) in [5, 5.41) is 8.49. The fraction of sp³-hybridized carbons (Fsp3) is 0.714. The third kappa shape index (κ3) is 4.84. The first-order chi connectivity index (χ1) is 5.99. The fourth-order valence-corrected chi connectivity index (χ4v) is 1.07. The molecule has 0 unspecified atom stereocenters. The summed E-state index contributed by atoms with van der Waals surface area (Å²) in [5.74, 6) is -1.62. The van der Waals surface area contributed by atoms with Gasteiger partial charge in [0.25, 0.3) is 0 Å². The van der Waals surface area contributed by atoms with Gasteiger partial charge < -0.3 is 15.6 Å². The van der Waals surface area contributed by atoms with E-state index in [1.165, 1.54) is 0 Å². The SMILES string of the molecule is CCOC(=O)[C@@H](N)C[C@@H](Br)C(=O)O. The zero-order chi connectivity index (χ0) is 10.4. The maximum atomic E-state index is 10.9. The lowest BCUT2D eigenvalue weighted by Gasteiger charge is -2.11. The maximum Gasteiger partial charge on any atom is 0.322 e. The first-order valence-electron chi connectivity index (χ1n) is 3.78. The van der Waals surface area contributed by atoms with Crippen molar-refractivity contribution in [2.45, 2.75) is 24.2 Å². The molecule has 0 aliphatic rings. The third-order valence-electron chi connectivity index (χ3n) is 1.32. The van der Waals surface area contributed by atoms with Gasteiger partial charge in [0.2, 0.25) is 0 Å². The van der Waals surface area contributed by atoms with Crippen molar-refractivity contribution in [3.63, 3.8) is 0 Å². The molecule has 6 heteroatoms. The predicted octanol–water partition coefficient (Wildman–Crippen LogP) is 0.115. The van der Waals surface area contributed by atoms with E-state index in [1.807, 2.05) is 0 Å². The zero-order valence-corrected chi connectivity index (χ0v) is 8.78. The molecule has 0 aromatic carbocycles. The number of alkyl halides is 1. The Kier molecular flexibility index (Phi) is 5.65. The summed E-state index contributed by atoms with van der Waals surface area (Å²) in [6.45, 7) is 1.90. The van der Waals surface area contributed by atoms with Crippen LogP contribution < -0.4 is 5.73 Å². The van der Waals surface area contributed by atoms with Crippen molar-refractivity contribution in [1.29, 1.82) is 0 Å². The van der Waals surface area contributed by atoms with Crippen LogP contribution in [-0.4, -0.2) is 34.5 Å². The quantitative estimate of drug-likeness (QED) is 0.537. The molecule has 0 radical (unpaired) electrons. The summed E-state index contributed by atoms with van der Waals surface area (Å²) in [7, 11) is 0. The Labute approximate surface area is 84.4 Å². The number of esters is 1. The van der Waals surface area contributed by atoms with Gasteiger partial charge in [0, 0.05) is 0 Å². The second kappa shape index (κ2) is 5.93. The van der Waals surface area contributed by atoms with Crippen molar-refractivity contribution in [1.82, 2.24) is 0 Å². The Hall–Kier alpha value is -0.620. The van der Waals surface area contributed by atoms with Crippen molar-refractivity contribution in [3.8, 4) is 0 Å². The maximum absolute atomic E-state index is 10.9. The normalized spacial score (nSPS) is 14.7. The van der Waals surface area contributed by atoms with Crippen LogP contribution >= 0.6 is 15.9 Å². The summed E-state index contributed by atoms with van der Waals surface area (Å²) in [5.41, 5.74) is 5.37. The van der Waals surface area contributed by atoms with E-state index in [0.29, 0.717) is 0 Å². The molecule has 0 amide bonds. The molecule has 2 atom stereocenters. The molecule has 0 aromatic rings. The van der Waals surface area contributed by atoms with Crippen LogP contribution in [0.2, 0.25) is 0 Å². The van der Waals surface area contributed by atoms with Crippen LogP contribution in [0.1, 0.15) is 13.3 Å². The monoisotopic (exact) mass is 253 g/mol. The average molecular weight is 254 g/mol. The Morgan fingerprint density at radius 3 is 2.54 bits per heavy atom. The topological polar surface area (TPSA) is 89.6 Å². The molecule has 0 heterocycles. The predicted molar refractivity (Wildman–Crippen MR) is 49.6 cm³/mol. The van der Waals surface area contributed by atoms with Gasteiger partial charge in [-0.25, -0.2) is 0 Å². The van der Waals surface area contributed by atoms with Crippen LogP contribution in [0.25, 0.3) is 0 Å². The number of carboxylic acids is 1. The number of ether oxygens (including phenoxy) is 1. The third-order valence-corrected chi connectivity index (χ3v) is 2.08. The van der Waals surface area contributed by atoms with Gasteiger partial charge in [-0.1, -0.05) is 15.9 Å². The highest BCUT2D eigenvalue weighted by atomic mass is 79.9. The zero-order valence-electron chi connectivity index (χ0n) is 7.20. The highest BCUT2D eigenvalue weighted by Crippen LogP contribution is 2.08. The molecule has 0 fully saturated rings. The highest BCUT2D eigenvalue weighted by molar-refractivity contribution is 9.10. The molecule has 3 N–H and O–H groups in total. The van der Waals surface area contributed by atoms with E-state index in [9.17, 15) is 9.59 Å². The van der Waals surface area contributed by atoms with Crippen molar-refractivity contribution >= 4 is 27.9 Å². The van der Waals surface area contributed by atoms with Gasteiger partial charge in [-0.2, -0.15) is 0 Å². The first kappa shape index (κ1) is 12.4. The van der Waals surface area contributed by atoms with Gasteiger partial charge in [0.05, 0.1) is 6.61 Å². The molecule has 0 aliphatic heterocycles. The van der Waals surface area contributed by atoms with Gasteiger partial charge in [0.15, 0.2) is 0 Å². The Morgan fingerprint density at radius 2 is 2.15 bits per heavy atom. The van der Waals surface area contributed by atoms with Crippen LogP contribution in [0.15, 0.2) is 0 Å². The summed E-state index contributed by atoms with van der Waals surface area (Å²) >= 11 is 2.87. The van der Waals surface area contributed by atoms with E-state index in [0.717, 1.165) is 0 Å². The number of rotatable bonds is 5. The van der Waals surface area contributed by atoms with Crippen molar-refractivity contribution < 1.29 is 19.4 Å². The van der Waals surface area contributed by atoms with E-state index >= 15 is 0 Å². The minimum absolute atomic E-state index is 0.0220. The number of hydrogen-bond donors (Lipinski definition) is 2. The molecule has 0 rings (SSSR count). The molecule has 0 aliphatic carbocycles. The Bertz CT molecular complexity index is 197. The molecule has 5 nitrogen and oxygen atoms in total. The Balaban J connectivity index is 3.92. The lowest BCUT2D eigenvalue weighted by atomic mass is 10.2. The minimum Gasteiger partial charge on any atom is -0.480 e. The number of carboxylic acid groups (broad SMARTS) is 1. The molecular weight excluding hydrogens is 242 g/mol. The van der Waals surface area contributed by atoms with Gasteiger partial charge in [-0.15, -0.1) is 0 Å². The second-order valence-corrected chi connectivity index (χ2v) is 3.51. The summed E-state index contributed by atoms with van der Waals surface area (Å²) in [6.07, 6.45) is 0.0220. The lowest BCUT2D eigenvalue weighted by Crippen LogP contribution is -2.36. The molecular formula is C7H12BrNO4. The van der Waals surface area contributed by atoms with Gasteiger partial charge in [0.1, 0.15) is 10.9 Å². The van der Waals surface area contributed by atoms with Crippen LogP contribution in [0.4, 0.5) is 0 Å². The van der Waals surface area contributed by atoms with Crippen LogP contribution in [-0.2, 0) is 14.3 Å². The van der Waals surface area contributed by atoms with Crippen molar-refractivity contribution in [2.24, 2.45) is 5.73 Å². The molecule has 76 valence electrons. The smallest absolute Gasteiger partial charge is 0.322 e. The van der Waals surface area contributed by atoms with Gasteiger partial charge in [-0.05, 0) is 13.3 Å². The molecule has 0 saturated carbocycles. The van der Waals surface area contributed by atoms with Gasteiger partial charge >= 0.3 is 11.9 Å². The first-order valence-corrected chi connectivity index (χ1v) is 4.69. The molecule has 0 spiro atoms. The molecule has 0 bridgehead atoms. The molecule has 0 aromatic heterocycles. The number of carbonyl (C=O) groups excluding carboxylic acids is 1. The van der Waals surface area contributed by atoms with E-state index in [1.54, 1.807) is 6.92 Å². The minimum atomic E-state index is -1.04. The fourth-order valence-electron chi connectivity index (χ4n) is 0.669. The van der Waals surface area contributed by atoms with Crippen molar-refractivity contribution in [2.75, 3.05) is 6.61 Å². The number of hydrogen-bond acceptors (Lipinski definition) is 4. The Morgan fingerprint density at radius 1 is 1.62 bits per heavy atom. The standard InChI is InChI=1S/C7H12BrNO4/c1-2-13-7(12)5(9)3-4(8)6(10)11/h4-5H,2-3,9H2,1H3,(H,10,11)/t4-,5+/m1/s1. The lowest BCUT2D eigenvalue weighted by molar-refractivity contribution is -0.145. The van der Waals surface area contributed by atoms with Gasteiger partial charge in [-0.3, -0.25) is 9.59 Å². The van der Waals surface area contributed by atoms with Crippen molar-refractivity contribution in [3.05, 3.63) is 0 Å². The van der Waals surface area contributed by atoms with Crippen LogP contribution in [0.5, 0.6) is 0 Å². The number of halogens is 1.